The summed E-state index contributed by atoms with van der Waals surface area (Å²) < 4.78 is 2.11. The van der Waals surface area contributed by atoms with Crippen LogP contribution in [0.25, 0.3) is 11.0 Å². The van der Waals surface area contributed by atoms with Crippen LogP contribution < -0.4 is 10.5 Å². The molecule has 8 heteroatoms. The molecule has 4 atom stereocenters. The summed E-state index contributed by atoms with van der Waals surface area (Å²) in [7, 11) is 1.86. The van der Waals surface area contributed by atoms with Gasteiger partial charge in [0.1, 0.15) is 0 Å². The lowest BCUT2D eigenvalue weighted by Gasteiger charge is -2.59. The maximum atomic E-state index is 14.4. The molecule has 4 fully saturated rings. The Bertz CT molecular complexity index is 1270. The third kappa shape index (κ3) is 5.29. The number of likely N-dealkylation sites (N-methyl/N-ethyl adjacent to an activating group) is 1. The zero-order valence-electron chi connectivity index (χ0n) is 24.4. The number of hydrogen-bond donors (Lipinski definition) is 1. The smallest absolute Gasteiger partial charge is 0.317 e. The molecule has 8 nitrogen and oxygen atoms in total. The molecule has 2 aromatic rings. The largest absolute Gasteiger partial charge is 0.480 e. The first kappa shape index (κ1) is 27.7. The highest BCUT2D eigenvalue weighted by Crippen LogP contribution is 2.48. The topological polar surface area (TPSA) is 81.9 Å². The van der Waals surface area contributed by atoms with Gasteiger partial charge in [0.25, 0.3) is 5.56 Å². The average Bonchev–Trinajstić information content (AvgIpc) is 3.38. The summed E-state index contributed by atoms with van der Waals surface area (Å²) in [6, 6.07) is 9.61. The Kier molecular flexibility index (Phi) is 7.92. The minimum atomic E-state index is -0.822. The van der Waals surface area contributed by atoms with Crippen molar-refractivity contribution >= 4 is 22.8 Å². The lowest BCUT2D eigenvalue weighted by molar-refractivity contribution is -0.138. The molecule has 1 saturated carbocycles. The zero-order chi connectivity index (χ0) is 27.9. The van der Waals surface area contributed by atoms with Gasteiger partial charge in [0, 0.05) is 42.8 Å². The molecule has 4 aliphatic rings. The Morgan fingerprint density at radius 2 is 1.75 bits per heavy atom. The van der Waals surface area contributed by atoms with Crippen LogP contribution in [-0.2, 0) is 4.79 Å². The molecule has 4 heterocycles. The Hall–Kier alpha value is -2.45. The Labute approximate surface area is 238 Å². The Morgan fingerprint density at radius 1 is 1.02 bits per heavy atom. The molecule has 40 heavy (non-hydrogen) atoms. The number of aliphatic carboxylic acids is 1. The van der Waals surface area contributed by atoms with Gasteiger partial charge in [0.15, 0.2) is 5.82 Å². The molecule has 3 aliphatic heterocycles. The third-order valence-corrected chi connectivity index (χ3v) is 10.6. The number of hydrogen-bond acceptors (Lipinski definition) is 6. The van der Waals surface area contributed by atoms with E-state index in [4.69, 9.17) is 4.98 Å². The lowest BCUT2D eigenvalue weighted by atomic mass is 9.71. The van der Waals surface area contributed by atoms with Crippen molar-refractivity contribution in [2.75, 3.05) is 31.6 Å². The number of rotatable bonds is 6. The first-order valence-corrected chi connectivity index (χ1v) is 15.8. The molecule has 1 aromatic carbocycles. The number of anilines is 1. The number of para-hydroxylation sites is 2. The summed E-state index contributed by atoms with van der Waals surface area (Å²) in [4.78, 5) is 37.5. The molecule has 2 bridgehead atoms. The van der Waals surface area contributed by atoms with Gasteiger partial charge in [-0.25, -0.2) is 4.98 Å². The molecular weight excluding hydrogens is 502 g/mol. The van der Waals surface area contributed by atoms with Crippen LogP contribution in [0, 0.1) is 0 Å². The molecular formula is C32H47N5O3. The van der Waals surface area contributed by atoms with Gasteiger partial charge in [-0.15, -0.1) is 0 Å². The van der Waals surface area contributed by atoms with Crippen molar-refractivity contribution in [3.8, 4) is 0 Å². The number of fused-ring (bicyclic) bond motifs is 3. The van der Waals surface area contributed by atoms with Gasteiger partial charge in [-0.1, -0.05) is 50.7 Å². The van der Waals surface area contributed by atoms with E-state index in [1.54, 1.807) is 0 Å². The van der Waals surface area contributed by atoms with Gasteiger partial charge in [-0.3, -0.25) is 19.4 Å². The van der Waals surface area contributed by atoms with E-state index in [1.807, 2.05) is 30.1 Å². The lowest BCUT2D eigenvalue weighted by Crippen LogP contribution is -2.63. The summed E-state index contributed by atoms with van der Waals surface area (Å²) in [5.41, 5.74) is 1.96. The van der Waals surface area contributed by atoms with Crippen LogP contribution in [0.15, 0.2) is 29.1 Å². The molecule has 0 radical (unpaired) electrons. The van der Waals surface area contributed by atoms with Gasteiger partial charge >= 0.3 is 5.97 Å². The van der Waals surface area contributed by atoms with Crippen molar-refractivity contribution < 1.29 is 9.90 Å². The highest BCUT2D eigenvalue weighted by atomic mass is 16.4. The van der Waals surface area contributed by atoms with E-state index >= 15 is 0 Å². The van der Waals surface area contributed by atoms with Crippen LogP contribution in [0.1, 0.15) is 96.4 Å². The van der Waals surface area contributed by atoms with Crippen LogP contribution in [0.3, 0.4) is 0 Å². The normalized spacial score (nSPS) is 30.5. The molecule has 3 saturated heterocycles. The molecule has 0 unspecified atom stereocenters. The molecule has 1 aliphatic carbocycles. The number of benzene rings is 1. The second-order valence-electron chi connectivity index (χ2n) is 13.3. The molecule has 218 valence electrons. The van der Waals surface area contributed by atoms with E-state index in [9.17, 15) is 14.7 Å². The van der Waals surface area contributed by atoms with Gasteiger partial charge in [-0.05, 0) is 71.0 Å². The fourth-order valence-electron chi connectivity index (χ4n) is 8.77. The third-order valence-electron chi connectivity index (χ3n) is 10.6. The van der Waals surface area contributed by atoms with Crippen molar-refractivity contribution in [1.82, 2.24) is 19.4 Å². The van der Waals surface area contributed by atoms with Crippen LogP contribution >= 0.6 is 0 Å². The molecule has 6 rings (SSSR count). The summed E-state index contributed by atoms with van der Waals surface area (Å²) in [6.07, 6.45) is 16.1. The minimum absolute atomic E-state index is 0.00737. The van der Waals surface area contributed by atoms with Gasteiger partial charge < -0.3 is 14.6 Å². The average molecular weight is 550 g/mol. The quantitative estimate of drug-likeness (QED) is 0.540. The number of carboxylic acids is 1. The second kappa shape index (κ2) is 11.4. The summed E-state index contributed by atoms with van der Waals surface area (Å²) in [6.45, 7) is 3.84. The number of carboxylic acid groups (broad SMARTS) is 1. The predicted molar refractivity (Wildman–Crippen MR) is 159 cm³/mol. The van der Waals surface area contributed by atoms with Gasteiger partial charge in [0.05, 0.1) is 17.6 Å². The van der Waals surface area contributed by atoms with Crippen LogP contribution in [0.4, 0.5) is 5.82 Å². The van der Waals surface area contributed by atoms with Gasteiger partial charge in [0.2, 0.25) is 0 Å². The minimum Gasteiger partial charge on any atom is -0.480 e. The van der Waals surface area contributed by atoms with Crippen LogP contribution in [-0.4, -0.2) is 80.8 Å². The van der Waals surface area contributed by atoms with E-state index in [1.165, 1.54) is 64.2 Å². The standard InChI is InChI=1S/C32H47N5O3/c1-32-17-10-13-24(37(32)23-11-6-4-3-5-7-12-23)19-26(20-32)36-28-15-9-8-14-27(28)33-30(31(36)40)35-18-16-25(21-35)34(2)22-29(38)39/h8-9,14-15,23-26H,3-7,10-13,16-22H2,1-2H3,(H,38,39)/t24-,25-,26+,32+/m0/s1. The number of aromatic nitrogens is 2. The number of piperidine rings is 2. The van der Waals surface area contributed by atoms with E-state index in [0.29, 0.717) is 24.4 Å². The van der Waals surface area contributed by atoms with Crippen molar-refractivity contribution in [3.63, 3.8) is 0 Å². The zero-order valence-corrected chi connectivity index (χ0v) is 24.4. The maximum absolute atomic E-state index is 14.4. The van der Waals surface area contributed by atoms with E-state index in [-0.39, 0.29) is 29.7 Å². The maximum Gasteiger partial charge on any atom is 0.317 e. The Balaban J connectivity index is 1.32. The fraction of sp³-hybridized carbons (Fsp3) is 0.719. The monoisotopic (exact) mass is 549 g/mol. The summed E-state index contributed by atoms with van der Waals surface area (Å²) in [5.74, 6) is -0.292. The number of carbonyl (C=O) groups is 1. The Morgan fingerprint density at radius 3 is 2.50 bits per heavy atom. The first-order chi connectivity index (χ1) is 19.3. The van der Waals surface area contributed by atoms with E-state index < -0.39 is 5.97 Å². The highest BCUT2D eigenvalue weighted by molar-refractivity contribution is 5.76. The highest BCUT2D eigenvalue weighted by Gasteiger charge is 2.49. The number of nitrogens with zero attached hydrogens (tertiary/aromatic N) is 5. The van der Waals surface area contributed by atoms with Crippen molar-refractivity contribution in [3.05, 3.63) is 34.6 Å². The van der Waals surface area contributed by atoms with Crippen LogP contribution in [0.5, 0.6) is 0 Å². The van der Waals surface area contributed by atoms with Crippen molar-refractivity contribution in [2.24, 2.45) is 0 Å². The molecule has 0 amide bonds. The van der Waals surface area contributed by atoms with E-state index in [0.717, 1.165) is 36.8 Å². The summed E-state index contributed by atoms with van der Waals surface area (Å²) in [5, 5.41) is 9.26. The summed E-state index contributed by atoms with van der Waals surface area (Å²) >= 11 is 0. The van der Waals surface area contributed by atoms with Crippen LogP contribution in [0.2, 0.25) is 0 Å². The predicted octanol–water partition coefficient (Wildman–Crippen LogP) is 5.05. The fourth-order valence-corrected chi connectivity index (χ4v) is 8.77. The van der Waals surface area contributed by atoms with Crippen molar-refractivity contribution in [1.29, 1.82) is 0 Å². The first-order valence-electron chi connectivity index (χ1n) is 15.8. The molecule has 0 spiro atoms. The second-order valence-corrected chi connectivity index (χ2v) is 13.3. The van der Waals surface area contributed by atoms with Crippen molar-refractivity contribution in [2.45, 2.75) is 120 Å². The molecule has 1 aromatic heterocycles. The van der Waals surface area contributed by atoms with Gasteiger partial charge in [-0.2, -0.15) is 0 Å². The van der Waals surface area contributed by atoms with E-state index in [2.05, 4.69) is 27.4 Å². The SMILES string of the molecule is CN(CC(=O)O)[C@H]1CCN(c2nc3ccccc3n([C@@H]3C[C@@H]4CCC[C@](C)(C3)N4C3CCCCCCC3)c2=O)C1. The molecule has 1 N–H and O–H groups in total.